The average molecular weight is 233 g/mol. The van der Waals surface area contributed by atoms with Crippen LogP contribution in [0.15, 0.2) is 21.3 Å². The average Bonchev–Trinajstić information content (AvgIpc) is 2.87. The Hall–Kier alpha value is -2.13. The van der Waals surface area contributed by atoms with Gasteiger partial charge in [-0.3, -0.25) is 0 Å². The molecule has 1 atom stereocenters. The third-order valence-electron chi connectivity index (χ3n) is 2.27. The Bertz CT molecular complexity index is 538. The first kappa shape index (κ1) is 11.4. The summed E-state index contributed by atoms with van der Waals surface area (Å²) in [6, 6.07) is 3.67. The van der Waals surface area contributed by atoms with Crippen LogP contribution in [-0.2, 0) is 6.42 Å². The summed E-state index contributed by atoms with van der Waals surface area (Å²) in [5.41, 5.74) is 0.912. The maximum Gasteiger partial charge on any atom is 0.238 e. The van der Waals surface area contributed by atoms with Crippen molar-refractivity contribution in [3.8, 4) is 17.7 Å². The minimum Gasteiger partial charge on any atom is -0.461 e. The molecule has 0 saturated carbocycles. The Balaban J connectivity index is 2.12. The van der Waals surface area contributed by atoms with Crippen molar-refractivity contribution < 1.29 is 14.0 Å². The van der Waals surface area contributed by atoms with E-state index in [0.29, 0.717) is 17.5 Å². The summed E-state index contributed by atoms with van der Waals surface area (Å²) in [7, 11) is 0. The van der Waals surface area contributed by atoms with Gasteiger partial charge in [-0.1, -0.05) is 5.16 Å². The molecule has 2 heterocycles. The van der Waals surface area contributed by atoms with Crippen molar-refractivity contribution in [3.63, 3.8) is 0 Å². The molecule has 2 aromatic heterocycles. The van der Waals surface area contributed by atoms with E-state index in [9.17, 15) is 5.11 Å². The zero-order valence-corrected chi connectivity index (χ0v) is 9.25. The van der Waals surface area contributed by atoms with Gasteiger partial charge in [0.1, 0.15) is 0 Å². The van der Waals surface area contributed by atoms with Crippen molar-refractivity contribution in [1.29, 1.82) is 5.26 Å². The minimum atomic E-state index is -0.786. The molecule has 1 unspecified atom stereocenters. The van der Waals surface area contributed by atoms with Gasteiger partial charge in [-0.2, -0.15) is 10.2 Å². The van der Waals surface area contributed by atoms with E-state index in [0.717, 1.165) is 5.56 Å². The fraction of sp³-hybridized carbons (Fsp3) is 0.364. The van der Waals surface area contributed by atoms with Gasteiger partial charge in [-0.15, -0.1) is 0 Å². The summed E-state index contributed by atoms with van der Waals surface area (Å²) in [6.07, 6.45) is 0.967. The fourth-order valence-corrected chi connectivity index (χ4v) is 1.41. The largest absolute Gasteiger partial charge is 0.461 e. The molecular formula is C11H11N3O3. The lowest BCUT2D eigenvalue weighted by atomic mass is 10.2. The van der Waals surface area contributed by atoms with Crippen molar-refractivity contribution in [2.24, 2.45) is 0 Å². The first-order chi connectivity index (χ1) is 8.20. The molecule has 6 nitrogen and oxygen atoms in total. The molecule has 0 fully saturated rings. The monoisotopic (exact) mass is 233 g/mol. The number of nitrogens with zero attached hydrogens (tertiary/aromatic N) is 3. The molecule has 0 radical (unpaired) electrons. The number of aliphatic hydroxyl groups is 1. The third kappa shape index (κ3) is 2.52. The summed E-state index contributed by atoms with van der Waals surface area (Å²) in [4.78, 5) is 4.09. The zero-order chi connectivity index (χ0) is 12.3. The van der Waals surface area contributed by atoms with Crippen LogP contribution < -0.4 is 0 Å². The van der Waals surface area contributed by atoms with Crippen molar-refractivity contribution in [1.82, 2.24) is 10.1 Å². The molecule has 2 rings (SSSR count). The number of furan rings is 1. The highest BCUT2D eigenvalue weighted by atomic mass is 16.5. The van der Waals surface area contributed by atoms with E-state index in [-0.39, 0.29) is 12.8 Å². The second-order valence-corrected chi connectivity index (χ2v) is 3.66. The van der Waals surface area contributed by atoms with Gasteiger partial charge in [-0.05, 0) is 18.6 Å². The molecule has 0 amide bonds. The van der Waals surface area contributed by atoms with E-state index in [1.54, 1.807) is 12.3 Å². The highest BCUT2D eigenvalue weighted by Gasteiger charge is 2.16. The van der Waals surface area contributed by atoms with Crippen LogP contribution in [0.25, 0.3) is 11.6 Å². The van der Waals surface area contributed by atoms with Gasteiger partial charge in [0.05, 0.1) is 31.3 Å². The Morgan fingerprint density at radius 2 is 2.41 bits per heavy atom. The Kier molecular flexibility index (Phi) is 3.21. The van der Waals surface area contributed by atoms with Crippen molar-refractivity contribution in [3.05, 3.63) is 23.8 Å². The summed E-state index contributed by atoms with van der Waals surface area (Å²) in [5, 5.41) is 21.6. The molecule has 0 spiro atoms. The number of nitriles is 1. The highest BCUT2D eigenvalue weighted by Crippen LogP contribution is 2.21. The SMILES string of the molecule is Cc1ccoc1-c1noc(CC(O)CC#N)n1. The lowest BCUT2D eigenvalue weighted by Gasteiger charge is -1.99. The highest BCUT2D eigenvalue weighted by molar-refractivity contribution is 5.50. The lowest BCUT2D eigenvalue weighted by molar-refractivity contribution is 0.167. The molecule has 0 aromatic carbocycles. The molecule has 0 bridgehead atoms. The zero-order valence-electron chi connectivity index (χ0n) is 9.25. The van der Waals surface area contributed by atoms with Crippen LogP contribution >= 0.6 is 0 Å². The van der Waals surface area contributed by atoms with E-state index in [2.05, 4.69) is 10.1 Å². The van der Waals surface area contributed by atoms with Gasteiger partial charge >= 0.3 is 0 Å². The maximum atomic E-state index is 9.42. The van der Waals surface area contributed by atoms with Crippen LogP contribution in [0.3, 0.4) is 0 Å². The molecule has 0 aliphatic carbocycles. The third-order valence-corrected chi connectivity index (χ3v) is 2.27. The van der Waals surface area contributed by atoms with E-state index < -0.39 is 6.10 Å². The molecule has 0 aliphatic heterocycles. The number of aryl methyl sites for hydroxylation is 1. The number of aromatic nitrogens is 2. The van der Waals surface area contributed by atoms with Crippen LogP contribution in [0.5, 0.6) is 0 Å². The second-order valence-electron chi connectivity index (χ2n) is 3.66. The van der Waals surface area contributed by atoms with Crippen LogP contribution in [0, 0.1) is 18.3 Å². The lowest BCUT2D eigenvalue weighted by Crippen LogP contribution is -2.09. The van der Waals surface area contributed by atoms with Gasteiger partial charge in [0, 0.05) is 0 Å². The summed E-state index contributed by atoms with van der Waals surface area (Å²) in [6.45, 7) is 1.87. The van der Waals surface area contributed by atoms with E-state index in [1.165, 1.54) is 0 Å². The standard InChI is InChI=1S/C11H11N3O3/c1-7-3-5-16-10(7)11-13-9(17-14-11)6-8(15)2-4-12/h3,5,8,15H,2,6H2,1H3. The van der Waals surface area contributed by atoms with Gasteiger partial charge in [-0.25, -0.2) is 0 Å². The molecular weight excluding hydrogens is 222 g/mol. The quantitative estimate of drug-likeness (QED) is 0.858. The van der Waals surface area contributed by atoms with Gasteiger partial charge in [0.2, 0.25) is 11.7 Å². The predicted octanol–water partition coefficient (Wildman–Crippen LogP) is 1.46. The van der Waals surface area contributed by atoms with E-state index in [4.69, 9.17) is 14.2 Å². The number of aliphatic hydroxyl groups excluding tert-OH is 1. The summed E-state index contributed by atoms with van der Waals surface area (Å²) >= 11 is 0. The second kappa shape index (κ2) is 4.80. The minimum absolute atomic E-state index is 0.0392. The Labute approximate surface area is 97.5 Å². The van der Waals surface area contributed by atoms with Crippen LogP contribution in [0.1, 0.15) is 17.9 Å². The van der Waals surface area contributed by atoms with Crippen LogP contribution in [0.2, 0.25) is 0 Å². The molecule has 2 aromatic rings. The maximum absolute atomic E-state index is 9.42. The number of hydrogen-bond donors (Lipinski definition) is 1. The van der Waals surface area contributed by atoms with Crippen molar-refractivity contribution in [2.45, 2.75) is 25.9 Å². The first-order valence-corrected chi connectivity index (χ1v) is 5.12. The topological polar surface area (TPSA) is 96.1 Å². The molecule has 0 aliphatic rings. The smallest absolute Gasteiger partial charge is 0.238 e. The number of hydrogen-bond acceptors (Lipinski definition) is 6. The van der Waals surface area contributed by atoms with E-state index >= 15 is 0 Å². The number of rotatable bonds is 4. The van der Waals surface area contributed by atoms with Gasteiger partial charge < -0.3 is 14.0 Å². The summed E-state index contributed by atoms with van der Waals surface area (Å²) in [5.74, 6) is 1.19. The molecule has 88 valence electrons. The predicted molar refractivity (Wildman–Crippen MR) is 56.7 cm³/mol. The van der Waals surface area contributed by atoms with E-state index in [1.807, 2.05) is 13.0 Å². The molecule has 17 heavy (non-hydrogen) atoms. The first-order valence-electron chi connectivity index (χ1n) is 5.12. The normalized spacial score (nSPS) is 12.3. The Morgan fingerprint density at radius 1 is 1.59 bits per heavy atom. The Morgan fingerprint density at radius 3 is 3.06 bits per heavy atom. The molecule has 1 N–H and O–H groups in total. The van der Waals surface area contributed by atoms with Crippen molar-refractivity contribution in [2.75, 3.05) is 0 Å². The van der Waals surface area contributed by atoms with Gasteiger partial charge in [0.25, 0.3) is 0 Å². The molecule has 6 heteroatoms. The van der Waals surface area contributed by atoms with Crippen LogP contribution in [0.4, 0.5) is 0 Å². The summed E-state index contributed by atoms with van der Waals surface area (Å²) < 4.78 is 10.2. The van der Waals surface area contributed by atoms with Crippen LogP contribution in [-0.4, -0.2) is 21.4 Å². The molecule has 0 saturated heterocycles. The fourth-order valence-electron chi connectivity index (χ4n) is 1.41. The van der Waals surface area contributed by atoms with Gasteiger partial charge in [0.15, 0.2) is 5.76 Å². The van der Waals surface area contributed by atoms with Crippen molar-refractivity contribution >= 4 is 0 Å².